The number of aromatic nitrogens is 3. The average molecular weight is 275 g/mol. The van der Waals surface area contributed by atoms with Crippen molar-refractivity contribution >= 4 is 23.3 Å². The summed E-state index contributed by atoms with van der Waals surface area (Å²) >= 11 is 0. The molecule has 1 aromatic carbocycles. The summed E-state index contributed by atoms with van der Waals surface area (Å²) in [5.74, 6) is -1.44. The van der Waals surface area contributed by atoms with Crippen molar-refractivity contribution in [3.8, 4) is 0 Å². The first-order chi connectivity index (χ1) is 9.54. The fourth-order valence-electron chi connectivity index (χ4n) is 1.80. The molecule has 2 rings (SSSR count). The van der Waals surface area contributed by atoms with Gasteiger partial charge in [0.1, 0.15) is 0 Å². The average Bonchev–Trinajstić information content (AvgIpc) is 2.94. The van der Waals surface area contributed by atoms with E-state index in [0.29, 0.717) is 12.2 Å². The van der Waals surface area contributed by atoms with Crippen LogP contribution in [0.5, 0.6) is 0 Å². The summed E-state index contributed by atoms with van der Waals surface area (Å²) in [5, 5.41) is 18.6. The SMILES string of the molecule is CCN(C(=O)c1cn[nH]n1)c1ccc(C(=O)O)cc1N. The highest BCUT2D eigenvalue weighted by molar-refractivity contribution is 6.06. The van der Waals surface area contributed by atoms with Crippen LogP contribution in [-0.2, 0) is 0 Å². The largest absolute Gasteiger partial charge is 0.478 e. The van der Waals surface area contributed by atoms with Gasteiger partial charge >= 0.3 is 5.97 Å². The Balaban J connectivity index is 2.37. The Morgan fingerprint density at radius 2 is 2.20 bits per heavy atom. The summed E-state index contributed by atoms with van der Waals surface area (Å²) in [7, 11) is 0. The molecule has 0 bridgehead atoms. The highest BCUT2D eigenvalue weighted by Crippen LogP contribution is 2.25. The first-order valence-corrected chi connectivity index (χ1v) is 5.85. The molecular formula is C12H13N5O3. The van der Waals surface area contributed by atoms with Gasteiger partial charge in [0.2, 0.25) is 0 Å². The number of carbonyl (C=O) groups excluding carboxylic acids is 1. The molecule has 0 fully saturated rings. The molecular weight excluding hydrogens is 262 g/mol. The number of H-pyrrole nitrogens is 1. The smallest absolute Gasteiger partial charge is 0.335 e. The van der Waals surface area contributed by atoms with Gasteiger partial charge in [-0.1, -0.05) is 0 Å². The second kappa shape index (κ2) is 5.39. The van der Waals surface area contributed by atoms with Crippen LogP contribution in [0.15, 0.2) is 24.4 Å². The highest BCUT2D eigenvalue weighted by Gasteiger charge is 2.20. The van der Waals surface area contributed by atoms with Crippen molar-refractivity contribution in [3.05, 3.63) is 35.7 Å². The van der Waals surface area contributed by atoms with E-state index < -0.39 is 5.97 Å². The second-order valence-corrected chi connectivity index (χ2v) is 3.98. The number of aromatic carboxylic acids is 1. The number of nitrogen functional groups attached to an aromatic ring is 1. The Labute approximate surface area is 114 Å². The topological polar surface area (TPSA) is 125 Å². The lowest BCUT2D eigenvalue weighted by Crippen LogP contribution is -2.31. The van der Waals surface area contributed by atoms with Gasteiger partial charge in [-0.2, -0.15) is 15.4 Å². The highest BCUT2D eigenvalue weighted by atomic mass is 16.4. The number of rotatable bonds is 4. The van der Waals surface area contributed by atoms with Crippen LogP contribution in [0.2, 0.25) is 0 Å². The fourth-order valence-corrected chi connectivity index (χ4v) is 1.80. The van der Waals surface area contributed by atoms with Gasteiger partial charge < -0.3 is 15.7 Å². The predicted molar refractivity (Wildman–Crippen MR) is 71.5 cm³/mol. The molecule has 0 spiro atoms. The van der Waals surface area contributed by atoms with Crippen molar-refractivity contribution in [2.75, 3.05) is 17.2 Å². The van der Waals surface area contributed by atoms with E-state index in [4.69, 9.17) is 10.8 Å². The molecule has 0 atom stereocenters. The standard InChI is InChI=1S/C12H13N5O3/c1-2-17(11(18)9-6-14-16-15-9)10-4-3-7(12(19)20)5-8(10)13/h3-6H,2,13H2,1H3,(H,19,20)(H,14,15,16). The quantitative estimate of drug-likeness (QED) is 0.707. The zero-order valence-electron chi connectivity index (χ0n) is 10.7. The van der Waals surface area contributed by atoms with Crippen molar-refractivity contribution in [2.45, 2.75) is 6.92 Å². The maximum atomic E-state index is 12.2. The van der Waals surface area contributed by atoms with Crippen LogP contribution in [0.3, 0.4) is 0 Å². The molecule has 1 amide bonds. The number of aromatic amines is 1. The molecule has 104 valence electrons. The molecule has 1 heterocycles. The number of carboxylic acid groups (broad SMARTS) is 1. The summed E-state index contributed by atoms with van der Waals surface area (Å²) in [5.41, 5.74) is 6.70. The van der Waals surface area contributed by atoms with E-state index in [1.165, 1.54) is 29.3 Å². The van der Waals surface area contributed by atoms with Gasteiger partial charge in [0, 0.05) is 6.54 Å². The van der Waals surface area contributed by atoms with Crippen molar-refractivity contribution in [2.24, 2.45) is 0 Å². The molecule has 4 N–H and O–H groups in total. The lowest BCUT2D eigenvalue weighted by molar-refractivity contribution is 0.0697. The number of benzene rings is 1. The maximum absolute atomic E-state index is 12.2. The number of carboxylic acids is 1. The molecule has 8 nitrogen and oxygen atoms in total. The summed E-state index contributed by atoms with van der Waals surface area (Å²) in [6, 6.07) is 4.21. The molecule has 0 aliphatic carbocycles. The number of carbonyl (C=O) groups is 2. The van der Waals surface area contributed by atoms with Crippen LogP contribution < -0.4 is 10.6 Å². The van der Waals surface area contributed by atoms with Crippen LogP contribution in [-0.4, -0.2) is 38.9 Å². The van der Waals surface area contributed by atoms with Crippen molar-refractivity contribution in [1.29, 1.82) is 0 Å². The first-order valence-electron chi connectivity index (χ1n) is 5.85. The Kier molecular flexibility index (Phi) is 3.65. The van der Waals surface area contributed by atoms with Crippen LogP contribution in [0.25, 0.3) is 0 Å². The lowest BCUT2D eigenvalue weighted by Gasteiger charge is -2.21. The van der Waals surface area contributed by atoms with Crippen LogP contribution in [0.1, 0.15) is 27.8 Å². The van der Waals surface area contributed by atoms with Crippen LogP contribution in [0.4, 0.5) is 11.4 Å². The van der Waals surface area contributed by atoms with Gasteiger partial charge in [0.15, 0.2) is 5.69 Å². The normalized spacial score (nSPS) is 10.2. The molecule has 1 aromatic heterocycles. The number of nitrogens with zero attached hydrogens (tertiary/aromatic N) is 3. The molecule has 0 unspecified atom stereocenters. The van der Waals surface area contributed by atoms with Gasteiger partial charge in [-0.15, -0.1) is 0 Å². The maximum Gasteiger partial charge on any atom is 0.335 e. The Morgan fingerprint density at radius 3 is 2.70 bits per heavy atom. The van der Waals surface area contributed by atoms with E-state index in [1.54, 1.807) is 6.92 Å². The van der Waals surface area contributed by atoms with Gasteiger partial charge in [-0.05, 0) is 25.1 Å². The third-order valence-electron chi connectivity index (χ3n) is 2.76. The lowest BCUT2D eigenvalue weighted by atomic mass is 10.1. The van der Waals surface area contributed by atoms with E-state index in [1.807, 2.05) is 0 Å². The Morgan fingerprint density at radius 1 is 1.45 bits per heavy atom. The third-order valence-corrected chi connectivity index (χ3v) is 2.76. The molecule has 8 heteroatoms. The summed E-state index contributed by atoms with van der Waals surface area (Å²) in [4.78, 5) is 24.5. The second-order valence-electron chi connectivity index (χ2n) is 3.98. The molecule has 0 aliphatic heterocycles. The fraction of sp³-hybridized carbons (Fsp3) is 0.167. The Bertz CT molecular complexity index is 639. The van der Waals surface area contributed by atoms with Gasteiger partial charge in [-0.3, -0.25) is 4.79 Å². The first kappa shape index (κ1) is 13.5. The monoisotopic (exact) mass is 275 g/mol. The number of hydrogen-bond acceptors (Lipinski definition) is 5. The zero-order valence-corrected chi connectivity index (χ0v) is 10.7. The predicted octanol–water partition coefficient (Wildman–Crippen LogP) is 0.752. The molecule has 2 aromatic rings. The molecule has 0 saturated heterocycles. The minimum absolute atomic E-state index is 0.0659. The zero-order chi connectivity index (χ0) is 14.7. The number of amides is 1. The van der Waals surface area contributed by atoms with E-state index in [2.05, 4.69) is 15.4 Å². The minimum atomic E-state index is -1.07. The van der Waals surface area contributed by atoms with Crippen molar-refractivity contribution < 1.29 is 14.7 Å². The van der Waals surface area contributed by atoms with E-state index in [9.17, 15) is 9.59 Å². The number of nitrogens with one attached hydrogen (secondary N) is 1. The number of nitrogens with two attached hydrogens (primary N) is 1. The van der Waals surface area contributed by atoms with Gasteiger partial charge in [0.25, 0.3) is 5.91 Å². The van der Waals surface area contributed by atoms with Crippen molar-refractivity contribution in [1.82, 2.24) is 15.4 Å². The minimum Gasteiger partial charge on any atom is -0.478 e. The van der Waals surface area contributed by atoms with E-state index in [-0.39, 0.29) is 22.9 Å². The molecule has 0 radical (unpaired) electrons. The third kappa shape index (κ3) is 2.44. The van der Waals surface area contributed by atoms with Gasteiger partial charge in [-0.25, -0.2) is 4.79 Å². The van der Waals surface area contributed by atoms with Crippen LogP contribution in [0, 0.1) is 0 Å². The van der Waals surface area contributed by atoms with E-state index >= 15 is 0 Å². The van der Waals surface area contributed by atoms with Crippen LogP contribution >= 0.6 is 0 Å². The summed E-state index contributed by atoms with van der Waals surface area (Å²) < 4.78 is 0. The van der Waals surface area contributed by atoms with Gasteiger partial charge in [0.05, 0.1) is 23.1 Å². The molecule has 0 aliphatic rings. The summed E-state index contributed by atoms with van der Waals surface area (Å²) in [6.07, 6.45) is 1.31. The molecule has 0 saturated carbocycles. The molecule has 20 heavy (non-hydrogen) atoms. The summed E-state index contributed by atoms with van der Waals surface area (Å²) in [6.45, 7) is 2.14. The number of hydrogen-bond donors (Lipinski definition) is 3. The Hall–Kier alpha value is -2.90. The van der Waals surface area contributed by atoms with E-state index in [0.717, 1.165) is 0 Å². The number of anilines is 2. The van der Waals surface area contributed by atoms with Crippen molar-refractivity contribution in [3.63, 3.8) is 0 Å².